The van der Waals surface area contributed by atoms with Gasteiger partial charge in [-0.2, -0.15) is 0 Å². The minimum Gasteiger partial charge on any atom is -0.389 e. The maximum absolute atomic E-state index is 11.0. The van der Waals surface area contributed by atoms with E-state index in [1.807, 2.05) is 6.92 Å². The zero-order valence-corrected chi connectivity index (χ0v) is 10.5. The van der Waals surface area contributed by atoms with Gasteiger partial charge in [0.1, 0.15) is 5.78 Å². The van der Waals surface area contributed by atoms with Crippen LogP contribution in [-0.2, 0) is 9.53 Å². The van der Waals surface area contributed by atoms with Gasteiger partial charge in [0.25, 0.3) is 0 Å². The standard InChI is InChI=1S/C12H25NO3/c1-3-11(14)7-5-4-6-8-13-9-12(15)10-16-2/h12-13,15H,3-10H2,1-2H3. The van der Waals surface area contributed by atoms with Crippen LogP contribution in [-0.4, -0.2) is 43.8 Å². The highest BCUT2D eigenvalue weighted by atomic mass is 16.5. The molecule has 0 spiro atoms. The van der Waals surface area contributed by atoms with Gasteiger partial charge in [-0.3, -0.25) is 4.79 Å². The Morgan fingerprint density at radius 1 is 1.38 bits per heavy atom. The van der Waals surface area contributed by atoms with E-state index in [1.54, 1.807) is 7.11 Å². The molecule has 1 atom stereocenters. The summed E-state index contributed by atoms with van der Waals surface area (Å²) in [5.41, 5.74) is 0. The summed E-state index contributed by atoms with van der Waals surface area (Å²) in [6.45, 7) is 3.74. The first-order valence-electron chi connectivity index (χ1n) is 6.10. The minimum atomic E-state index is -0.424. The Balaban J connectivity index is 3.12. The van der Waals surface area contributed by atoms with Crippen LogP contribution in [0.1, 0.15) is 39.0 Å². The zero-order valence-electron chi connectivity index (χ0n) is 10.5. The van der Waals surface area contributed by atoms with Crippen LogP contribution in [0.25, 0.3) is 0 Å². The van der Waals surface area contributed by atoms with Crippen molar-refractivity contribution in [1.82, 2.24) is 5.32 Å². The predicted molar refractivity (Wildman–Crippen MR) is 64.5 cm³/mol. The quantitative estimate of drug-likeness (QED) is 0.523. The topological polar surface area (TPSA) is 58.6 Å². The number of nitrogens with one attached hydrogen (secondary N) is 1. The number of ketones is 1. The minimum absolute atomic E-state index is 0.350. The van der Waals surface area contributed by atoms with Crippen LogP contribution in [0.3, 0.4) is 0 Å². The van der Waals surface area contributed by atoms with Gasteiger partial charge < -0.3 is 15.2 Å². The number of hydrogen-bond acceptors (Lipinski definition) is 4. The average molecular weight is 231 g/mol. The van der Waals surface area contributed by atoms with Crippen LogP contribution < -0.4 is 5.32 Å². The fraction of sp³-hybridized carbons (Fsp3) is 0.917. The molecule has 0 rings (SSSR count). The van der Waals surface area contributed by atoms with Crippen molar-refractivity contribution in [2.45, 2.75) is 45.1 Å². The van der Waals surface area contributed by atoms with E-state index in [2.05, 4.69) is 5.32 Å². The van der Waals surface area contributed by atoms with E-state index in [9.17, 15) is 9.90 Å². The van der Waals surface area contributed by atoms with Gasteiger partial charge in [0.05, 0.1) is 12.7 Å². The fourth-order valence-electron chi connectivity index (χ4n) is 1.45. The first kappa shape index (κ1) is 15.6. The SMILES string of the molecule is CCC(=O)CCCCCNCC(O)COC. The molecule has 0 bridgehead atoms. The molecule has 4 nitrogen and oxygen atoms in total. The van der Waals surface area contributed by atoms with Crippen LogP contribution in [0.4, 0.5) is 0 Å². The lowest BCUT2D eigenvalue weighted by molar-refractivity contribution is -0.118. The Morgan fingerprint density at radius 3 is 2.75 bits per heavy atom. The molecule has 0 aliphatic heterocycles. The van der Waals surface area contributed by atoms with Gasteiger partial charge in [-0.05, 0) is 19.4 Å². The Labute approximate surface area is 98.4 Å². The summed E-state index contributed by atoms with van der Waals surface area (Å²) < 4.78 is 4.81. The van der Waals surface area contributed by atoms with Crippen molar-refractivity contribution >= 4 is 5.78 Å². The van der Waals surface area contributed by atoms with Crippen LogP contribution in [0.15, 0.2) is 0 Å². The summed E-state index contributed by atoms with van der Waals surface area (Å²) in [4.78, 5) is 11.0. The zero-order chi connectivity index (χ0) is 12.2. The van der Waals surface area contributed by atoms with Crippen LogP contribution >= 0.6 is 0 Å². The summed E-state index contributed by atoms with van der Waals surface area (Å²) in [6.07, 6.45) is 4.04. The van der Waals surface area contributed by atoms with E-state index < -0.39 is 6.10 Å². The molecule has 0 aromatic heterocycles. The Kier molecular flexibility index (Phi) is 10.7. The van der Waals surface area contributed by atoms with Crippen molar-refractivity contribution < 1.29 is 14.6 Å². The van der Waals surface area contributed by atoms with E-state index in [0.717, 1.165) is 25.8 Å². The van der Waals surface area contributed by atoms with Crippen molar-refractivity contribution in [3.05, 3.63) is 0 Å². The average Bonchev–Trinajstić information content (AvgIpc) is 2.27. The highest BCUT2D eigenvalue weighted by molar-refractivity contribution is 5.77. The molecule has 96 valence electrons. The molecule has 0 aromatic rings. The summed E-state index contributed by atoms with van der Waals surface area (Å²) in [7, 11) is 1.58. The number of aliphatic hydroxyl groups is 1. The van der Waals surface area contributed by atoms with Gasteiger partial charge in [-0.15, -0.1) is 0 Å². The second-order valence-electron chi connectivity index (χ2n) is 4.02. The monoisotopic (exact) mass is 231 g/mol. The van der Waals surface area contributed by atoms with Crippen LogP contribution in [0.2, 0.25) is 0 Å². The molecule has 0 fully saturated rings. The molecule has 1 unspecified atom stereocenters. The lowest BCUT2D eigenvalue weighted by atomic mass is 10.1. The third-order valence-electron chi connectivity index (χ3n) is 2.44. The molecular formula is C12H25NO3. The van der Waals surface area contributed by atoms with Crippen LogP contribution in [0, 0.1) is 0 Å². The fourth-order valence-corrected chi connectivity index (χ4v) is 1.45. The van der Waals surface area contributed by atoms with Gasteiger partial charge in [-0.1, -0.05) is 13.3 Å². The Hall–Kier alpha value is -0.450. The molecule has 0 radical (unpaired) electrons. The van der Waals surface area contributed by atoms with E-state index in [-0.39, 0.29) is 0 Å². The lowest BCUT2D eigenvalue weighted by Gasteiger charge is -2.10. The molecule has 0 amide bonds. The number of carbonyl (C=O) groups excluding carboxylic acids is 1. The maximum Gasteiger partial charge on any atom is 0.132 e. The van der Waals surface area contributed by atoms with Gasteiger partial charge in [-0.25, -0.2) is 0 Å². The van der Waals surface area contributed by atoms with E-state index >= 15 is 0 Å². The summed E-state index contributed by atoms with van der Waals surface area (Å²) >= 11 is 0. The molecule has 2 N–H and O–H groups in total. The molecule has 0 aliphatic carbocycles. The first-order valence-corrected chi connectivity index (χ1v) is 6.10. The van der Waals surface area contributed by atoms with Gasteiger partial charge in [0.15, 0.2) is 0 Å². The smallest absolute Gasteiger partial charge is 0.132 e. The molecule has 0 aliphatic rings. The number of hydrogen-bond donors (Lipinski definition) is 2. The normalized spacial score (nSPS) is 12.7. The lowest BCUT2D eigenvalue weighted by Crippen LogP contribution is -2.30. The van der Waals surface area contributed by atoms with Gasteiger partial charge >= 0.3 is 0 Å². The van der Waals surface area contributed by atoms with E-state index in [1.165, 1.54) is 0 Å². The van der Waals surface area contributed by atoms with E-state index in [4.69, 9.17) is 4.74 Å². The van der Waals surface area contributed by atoms with Gasteiger partial charge in [0.2, 0.25) is 0 Å². The van der Waals surface area contributed by atoms with Crippen molar-refractivity contribution in [3.8, 4) is 0 Å². The molecule has 16 heavy (non-hydrogen) atoms. The molecule has 0 saturated heterocycles. The highest BCUT2D eigenvalue weighted by Crippen LogP contribution is 2.01. The summed E-state index contributed by atoms with van der Waals surface area (Å²) in [5.74, 6) is 0.350. The number of carbonyl (C=O) groups is 1. The second-order valence-corrected chi connectivity index (χ2v) is 4.02. The number of methoxy groups -OCH3 is 1. The first-order chi connectivity index (χ1) is 7.70. The Bertz CT molecular complexity index is 174. The van der Waals surface area contributed by atoms with Crippen molar-refractivity contribution in [1.29, 1.82) is 0 Å². The molecule has 0 aromatic carbocycles. The Morgan fingerprint density at radius 2 is 2.12 bits per heavy atom. The molecule has 4 heteroatoms. The molecular weight excluding hydrogens is 206 g/mol. The highest BCUT2D eigenvalue weighted by Gasteiger charge is 2.01. The number of aliphatic hydroxyl groups excluding tert-OH is 1. The number of Topliss-reactive ketones (excluding diaryl/α,β-unsaturated/α-hetero) is 1. The second kappa shape index (κ2) is 11.0. The van der Waals surface area contributed by atoms with E-state index in [0.29, 0.717) is 31.8 Å². The van der Waals surface area contributed by atoms with Crippen molar-refractivity contribution in [3.63, 3.8) is 0 Å². The third-order valence-corrected chi connectivity index (χ3v) is 2.44. The van der Waals surface area contributed by atoms with Crippen molar-refractivity contribution in [2.24, 2.45) is 0 Å². The number of ether oxygens (including phenoxy) is 1. The molecule has 0 heterocycles. The number of rotatable bonds is 11. The maximum atomic E-state index is 11.0. The number of unbranched alkanes of at least 4 members (excludes halogenated alkanes) is 2. The summed E-state index contributed by atoms with van der Waals surface area (Å²) in [6, 6.07) is 0. The molecule has 0 saturated carbocycles. The van der Waals surface area contributed by atoms with Gasteiger partial charge in [0, 0.05) is 26.5 Å². The van der Waals surface area contributed by atoms with Crippen molar-refractivity contribution in [2.75, 3.05) is 26.8 Å². The largest absolute Gasteiger partial charge is 0.389 e. The predicted octanol–water partition coefficient (Wildman–Crippen LogP) is 1.12. The summed E-state index contributed by atoms with van der Waals surface area (Å²) in [5, 5.41) is 12.5. The van der Waals surface area contributed by atoms with Crippen LogP contribution in [0.5, 0.6) is 0 Å². The third kappa shape index (κ3) is 10.1.